The van der Waals surface area contributed by atoms with Crippen LogP contribution in [-0.2, 0) is 0 Å². The van der Waals surface area contributed by atoms with Crippen molar-refractivity contribution in [2.45, 2.75) is 6.92 Å². The Hall–Kier alpha value is -2.63. The Bertz CT molecular complexity index is 567. The zero-order valence-electron chi connectivity index (χ0n) is 11.4. The van der Waals surface area contributed by atoms with Crippen LogP contribution < -0.4 is 15.4 Å². The first-order valence-corrected chi connectivity index (χ1v) is 6.24. The van der Waals surface area contributed by atoms with Gasteiger partial charge in [-0.2, -0.15) is 0 Å². The molecule has 0 aliphatic heterocycles. The molecule has 2 aromatic heterocycles. The number of aromatic nitrogens is 2. The molecule has 104 valence electrons. The van der Waals surface area contributed by atoms with Crippen LogP contribution in [0.15, 0.2) is 36.7 Å². The summed E-state index contributed by atoms with van der Waals surface area (Å²) in [6.07, 6.45) is 3.07. The lowest BCUT2D eigenvalue weighted by Gasteiger charge is -2.06. The van der Waals surface area contributed by atoms with Crippen LogP contribution >= 0.6 is 0 Å². The molecule has 0 aromatic carbocycles. The van der Waals surface area contributed by atoms with E-state index in [1.807, 2.05) is 6.92 Å². The van der Waals surface area contributed by atoms with Crippen molar-refractivity contribution in [1.82, 2.24) is 9.97 Å². The minimum atomic E-state index is -0.229. The number of anilines is 2. The average Bonchev–Trinajstić information content (AvgIpc) is 2.49. The van der Waals surface area contributed by atoms with Crippen molar-refractivity contribution in [2.24, 2.45) is 0 Å². The van der Waals surface area contributed by atoms with E-state index >= 15 is 0 Å². The third-order valence-corrected chi connectivity index (χ3v) is 2.59. The topological polar surface area (TPSA) is 76.1 Å². The monoisotopic (exact) mass is 272 g/mol. The van der Waals surface area contributed by atoms with Crippen LogP contribution in [0.4, 0.5) is 11.5 Å². The molecule has 1 amide bonds. The number of carbonyl (C=O) groups is 1. The molecule has 2 heterocycles. The Balaban J connectivity index is 2.03. The summed E-state index contributed by atoms with van der Waals surface area (Å²) in [7, 11) is 1.54. The third kappa shape index (κ3) is 3.44. The highest BCUT2D eigenvalue weighted by Crippen LogP contribution is 2.12. The van der Waals surface area contributed by atoms with Crippen LogP contribution in [0.5, 0.6) is 5.88 Å². The lowest BCUT2D eigenvalue weighted by molar-refractivity contribution is 0.102. The molecule has 0 atom stereocenters. The maximum absolute atomic E-state index is 12.0. The number of nitrogens with zero attached hydrogens (tertiary/aromatic N) is 2. The zero-order chi connectivity index (χ0) is 14.4. The summed E-state index contributed by atoms with van der Waals surface area (Å²) < 4.78 is 4.95. The Kier molecular flexibility index (Phi) is 4.49. The van der Waals surface area contributed by atoms with Crippen LogP contribution in [0.2, 0.25) is 0 Å². The number of rotatable bonds is 5. The largest absolute Gasteiger partial charge is 0.481 e. The Morgan fingerprint density at radius 2 is 2.05 bits per heavy atom. The van der Waals surface area contributed by atoms with E-state index in [4.69, 9.17) is 4.74 Å². The highest BCUT2D eigenvalue weighted by molar-refractivity contribution is 6.04. The van der Waals surface area contributed by atoms with E-state index in [9.17, 15) is 4.79 Å². The van der Waals surface area contributed by atoms with Crippen molar-refractivity contribution in [3.05, 3.63) is 42.2 Å². The highest BCUT2D eigenvalue weighted by Gasteiger charge is 2.07. The number of hydrogen-bond acceptors (Lipinski definition) is 5. The quantitative estimate of drug-likeness (QED) is 0.872. The van der Waals surface area contributed by atoms with Gasteiger partial charge in [-0.15, -0.1) is 0 Å². The molecule has 0 saturated heterocycles. The van der Waals surface area contributed by atoms with E-state index in [0.29, 0.717) is 17.1 Å². The summed E-state index contributed by atoms with van der Waals surface area (Å²) in [5.74, 6) is 1.02. The van der Waals surface area contributed by atoms with Gasteiger partial charge in [0.05, 0.1) is 24.6 Å². The molecule has 0 bridgehead atoms. The molecule has 6 nitrogen and oxygen atoms in total. The second-order valence-corrected chi connectivity index (χ2v) is 4.01. The molecule has 2 N–H and O–H groups in total. The van der Waals surface area contributed by atoms with E-state index in [1.54, 1.807) is 24.3 Å². The van der Waals surface area contributed by atoms with Crippen LogP contribution in [-0.4, -0.2) is 29.5 Å². The molecule has 0 unspecified atom stereocenters. The van der Waals surface area contributed by atoms with Crippen molar-refractivity contribution in [2.75, 3.05) is 24.3 Å². The Morgan fingerprint density at radius 1 is 1.20 bits per heavy atom. The summed E-state index contributed by atoms with van der Waals surface area (Å²) in [5, 5.41) is 5.81. The summed E-state index contributed by atoms with van der Waals surface area (Å²) in [5.41, 5.74) is 1.09. The Morgan fingerprint density at radius 3 is 2.60 bits per heavy atom. The zero-order valence-corrected chi connectivity index (χ0v) is 11.4. The predicted molar refractivity (Wildman–Crippen MR) is 77.1 cm³/mol. The lowest BCUT2D eigenvalue weighted by Crippen LogP contribution is -2.12. The fourth-order valence-corrected chi connectivity index (χ4v) is 1.59. The van der Waals surface area contributed by atoms with E-state index in [1.165, 1.54) is 19.5 Å². The second kappa shape index (κ2) is 6.51. The number of methoxy groups -OCH3 is 1. The lowest BCUT2D eigenvalue weighted by atomic mass is 10.2. The van der Waals surface area contributed by atoms with Crippen LogP contribution in [0.1, 0.15) is 17.3 Å². The summed E-state index contributed by atoms with van der Waals surface area (Å²) >= 11 is 0. The number of hydrogen-bond donors (Lipinski definition) is 2. The SMILES string of the molecule is CCNc1ccc(C(=O)Nc2ccc(OC)nc2)cn1. The maximum atomic E-state index is 12.0. The van der Waals surface area contributed by atoms with Crippen molar-refractivity contribution in [3.63, 3.8) is 0 Å². The van der Waals surface area contributed by atoms with E-state index in [0.717, 1.165) is 12.4 Å². The molecule has 0 saturated carbocycles. The molecule has 2 rings (SSSR count). The van der Waals surface area contributed by atoms with Gasteiger partial charge in [0.25, 0.3) is 5.91 Å². The first-order chi connectivity index (χ1) is 9.72. The molecule has 0 aliphatic carbocycles. The molecular formula is C14H16N4O2. The average molecular weight is 272 g/mol. The van der Waals surface area contributed by atoms with Crippen molar-refractivity contribution >= 4 is 17.4 Å². The maximum Gasteiger partial charge on any atom is 0.257 e. The fourth-order valence-electron chi connectivity index (χ4n) is 1.59. The number of carbonyl (C=O) groups excluding carboxylic acids is 1. The van der Waals surface area contributed by atoms with Gasteiger partial charge >= 0.3 is 0 Å². The van der Waals surface area contributed by atoms with Gasteiger partial charge in [0.15, 0.2) is 0 Å². The number of amides is 1. The molecular weight excluding hydrogens is 256 g/mol. The van der Waals surface area contributed by atoms with Gasteiger partial charge in [0.1, 0.15) is 5.82 Å². The van der Waals surface area contributed by atoms with Gasteiger partial charge < -0.3 is 15.4 Å². The molecule has 0 aliphatic rings. The molecule has 20 heavy (non-hydrogen) atoms. The van der Waals surface area contributed by atoms with Crippen LogP contribution in [0, 0.1) is 0 Å². The van der Waals surface area contributed by atoms with Crippen LogP contribution in [0.3, 0.4) is 0 Å². The number of pyridine rings is 2. The van der Waals surface area contributed by atoms with Gasteiger partial charge in [-0.05, 0) is 25.1 Å². The van der Waals surface area contributed by atoms with E-state index in [-0.39, 0.29) is 5.91 Å². The summed E-state index contributed by atoms with van der Waals surface area (Å²) in [6, 6.07) is 6.90. The third-order valence-electron chi connectivity index (χ3n) is 2.59. The van der Waals surface area contributed by atoms with Crippen LogP contribution in [0.25, 0.3) is 0 Å². The minimum Gasteiger partial charge on any atom is -0.481 e. The predicted octanol–water partition coefficient (Wildman–Crippen LogP) is 2.17. The van der Waals surface area contributed by atoms with Crippen molar-refractivity contribution in [3.8, 4) is 5.88 Å². The first-order valence-electron chi connectivity index (χ1n) is 6.24. The van der Waals surface area contributed by atoms with Gasteiger partial charge in [-0.1, -0.05) is 0 Å². The fraction of sp³-hybridized carbons (Fsp3) is 0.214. The van der Waals surface area contributed by atoms with Crippen molar-refractivity contribution in [1.29, 1.82) is 0 Å². The summed E-state index contributed by atoms with van der Waals surface area (Å²) in [4.78, 5) is 20.2. The number of ether oxygens (including phenoxy) is 1. The smallest absolute Gasteiger partial charge is 0.257 e. The summed E-state index contributed by atoms with van der Waals surface area (Å²) in [6.45, 7) is 2.77. The standard InChI is InChI=1S/C14H16N4O2/c1-3-15-12-6-4-10(8-16-12)14(19)18-11-5-7-13(20-2)17-9-11/h4-9H,3H2,1-2H3,(H,15,16)(H,18,19). The van der Waals surface area contributed by atoms with E-state index < -0.39 is 0 Å². The van der Waals surface area contributed by atoms with Crippen molar-refractivity contribution < 1.29 is 9.53 Å². The molecule has 0 fully saturated rings. The normalized spacial score (nSPS) is 9.90. The second-order valence-electron chi connectivity index (χ2n) is 4.01. The molecule has 0 radical (unpaired) electrons. The highest BCUT2D eigenvalue weighted by atomic mass is 16.5. The number of nitrogens with one attached hydrogen (secondary N) is 2. The van der Waals surface area contributed by atoms with Gasteiger partial charge in [0.2, 0.25) is 5.88 Å². The van der Waals surface area contributed by atoms with Gasteiger partial charge in [-0.3, -0.25) is 4.79 Å². The van der Waals surface area contributed by atoms with Gasteiger partial charge in [0, 0.05) is 18.8 Å². The molecule has 0 spiro atoms. The Labute approximate surface area is 117 Å². The molecule has 2 aromatic rings. The molecule has 6 heteroatoms. The first kappa shape index (κ1) is 13.8. The van der Waals surface area contributed by atoms with E-state index in [2.05, 4.69) is 20.6 Å². The van der Waals surface area contributed by atoms with Gasteiger partial charge in [-0.25, -0.2) is 9.97 Å². The minimum absolute atomic E-state index is 0.229.